The van der Waals surface area contributed by atoms with Gasteiger partial charge in [-0.25, -0.2) is 9.78 Å². The summed E-state index contributed by atoms with van der Waals surface area (Å²) in [6, 6.07) is 12.8. The van der Waals surface area contributed by atoms with Crippen LogP contribution in [0, 0.1) is 0 Å². The zero-order valence-electron chi connectivity index (χ0n) is 15.6. The zero-order valence-corrected chi connectivity index (χ0v) is 16.4. The van der Waals surface area contributed by atoms with E-state index in [0.717, 1.165) is 29.7 Å². The van der Waals surface area contributed by atoms with Crippen molar-refractivity contribution in [1.82, 2.24) is 19.4 Å². The van der Waals surface area contributed by atoms with Crippen LogP contribution in [0.15, 0.2) is 51.7 Å². The summed E-state index contributed by atoms with van der Waals surface area (Å²) in [6.07, 6.45) is 2.02. The van der Waals surface area contributed by atoms with Gasteiger partial charge >= 0.3 is 5.76 Å². The molecule has 3 heterocycles. The highest BCUT2D eigenvalue weighted by Gasteiger charge is 2.32. The lowest BCUT2D eigenvalue weighted by atomic mass is 10.2. The molecule has 29 heavy (non-hydrogen) atoms. The standard InChI is InChI=1S/C21H19ClN4O3/c22-13-7-8-16-18(12-13)29-21(28)26(16)11-9-19(27)25-10-3-6-17(25)20-23-14-4-1-2-5-15(14)24-20/h1-2,4-5,7-8,12,17H,3,6,9-11H2,(H,23,24). The minimum Gasteiger partial charge on any atom is -0.408 e. The van der Waals surface area contributed by atoms with Crippen molar-refractivity contribution in [3.8, 4) is 0 Å². The highest BCUT2D eigenvalue weighted by molar-refractivity contribution is 6.31. The number of likely N-dealkylation sites (tertiary alicyclic amines) is 1. The van der Waals surface area contributed by atoms with Gasteiger partial charge in [0.15, 0.2) is 5.58 Å². The fraction of sp³-hybridized carbons (Fsp3) is 0.286. The number of benzene rings is 2. The van der Waals surface area contributed by atoms with E-state index in [-0.39, 0.29) is 24.9 Å². The molecule has 1 aliphatic heterocycles. The van der Waals surface area contributed by atoms with Crippen molar-refractivity contribution < 1.29 is 9.21 Å². The molecule has 1 amide bonds. The number of aryl methyl sites for hydroxylation is 1. The van der Waals surface area contributed by atoms with Crippen molar-refractivity contribution in [2.75, 3.05) is 6.54 Å². The average molecular weight is 411 g/mol. The highest BCUT2D eigenvalue weighted by atomic mass is 35.5. The number of aromatic nitrogens is 3. The lowest BCUT2D eigenvalue weighted by Crippen LogP contribution is -2.32. The van der Waals surface area contributed by atoms with Crippen molar-refractivity contribution in [1.29, 1.82) is 0 Å². The molecule has 5 rings (SSSR count). The summed E-state index contributed by atoms with van der Waals surface area (Å²) in [6.45, 7) is 0.951. The van der Waals surface area contributed by atoms with Gasteiger partial charge in [0.05, 0.1) is 22.6 Å². The van der Waals surface area contributed by atoms with Gasteiger partial charge in [-0.1, -0.05) is 23.7 Å². The van der Waals surface area contributed by atoms with E-state index in [1.54, 1.807) is 18.2 Å². The summed E-state index contributed by atoms with van der Waals surface area (Å²) >= 11 is 5.96. The number of rotatable bonds is 4. The average Bonchev–Trinajstić information content (AvgIpc) is 3.41. The Morgan fingerprint density at radius 2 is 2.14 bits per heavy atom. The Morgan fingerprint density at radius 3 is 3.00 bits per heavy atom. The molecule has 2 aromatic carbocycles. The third-order valence-electron chi connectivity index (χ3n) is 5.48. The van der Waals surface area contributed by atoms with Gasteiger partial charge < -0.3 is 14.3 Å². The number of H-pyrrole nitrogens is 1. The third-order valence-corrected chi connectivity index (χ3v) is 5.71. The summed E-state index contributed by atoms with van der Waals surface area (Å²) < 4.78 is 6.73. The Kier molecular flexibility index (Phi) is 4.39. The maximum absolute atomic E-state index is 13.0. The Balaban J connectivity index is 1.35. The third kappa shape index (κ3) is 3.21. The molecule has 7 nitrogen and oxygen atoms in total. The summed E-state index contributed by atoms with van der Waals surface area (Å²) in [7, 11) is 0. The molecule has 8 heteroatoms. The van der Waals surface area contributed by atoms with Gasteiger partial charge in [-0.05, 0) is 37.1 Å². The number of fused-ring (bicyclic) bond motifs is 2. The molecule has 1 N–H and O–H groups in total. The molecule has 1 atom stereocenters. The number of hydrogen-bond acceptors (Lipinski definition) is 4. The van der Waals surface area contributed by atoms with E-state index >= 15 is 0 Å². The molecular weight excluding hydrogens is 392 g/mol. The second-order valence-electron chi connectivity index (χ2n) is 7.27. The second-order valence-corrected chi connectivity index (χ2v) is 7.70. The van der Waals surface area contributed by atoms with Crippen LogP contribution in [0.1, 0.15) is 31.1 Å². The number of imidazole rings is 1. The lowest BCUT2D eigenvalue weighted by molar-refractivity contribution is -0.132. The smallest absolute Gasteiger partial charge is 0.408 e. The van der Waals surface area contributed by atoms with E-state index in [1.807, 2.05) is 29.2 Å². The number of para-hydroxylation sites is 2. The summed E-state index contributed by atoms with van der Waals surface area (Å²) in [5.74, 6) is 0.339. The van der Waals surface area contributed by atoms with Gasteiger partial charge in [0, 0.05) is 30.6 Å². The molecule has 148 valence electrons. The summed E-state index contributed by atoms with van der Waals surface area (Å²) in [5.41, 5.74) is 2.94. The van der Waals surface area contributed by atoms with Crippen molar-refractivity contribution in [3.63, 3.8) is 0 Å². The first-order chi connectivity index (χ1) is 14.1. The normalized spacial score (nSPS) is 16.9. The fourth-order valence-electron chi connectivity index (χ4n) is 4.08. The number of oxazole rings is 1. The van der Waals surface area contributed by atoms with Crippen molar-refractivity contribution in [2.45, 2.75) is 31.8 Å². The van der Waals surface area contributed by atoms with Crippen molar-refractivity contribution in [3.05, 3.63) is 63.9 Å². The predicted molar refractivity (Wildman–Crippen MR) is 110 cm³/mol. The van der Waals surface area contributed by atoms with Crippen LogP contribution >= 0.6 is 11.6 Å². The van der Waals surface area contributed by atoms with Crippen LogP contribution in [-0.2, 0) is 11.3 Å². The van der Waals surface area contributed by atoms with Gasteiger partial charge in [-0.2, -0.15) is 0 Å². The summed E-state index contributed by atoms with van der Waals surface area (Å²) in [5, 5.41) is 0.500. The molecule has 1 unspecified atom stereocenters. The van der Waals surface area contributed by atoms with E-state index in [9.17, 15) is 9.59 Å². The van der Waals surface area contributed by atoms with E-state index in [1.165, 1.54) is 4.57 Å². The van der Waals surface area contributed by atoms with Crippen LogP contribution in [0.4, 0.5) is 0 Å². The largest absolute Gasteiger partial charge is 0.419 e. The Hall–Kier alpha value is -3.06. The number of hydrogen-bond donors (Lipinski definition) is 1. The molecule has 1 aliphatic rings. The number of carbonyl (C=O) groups excluding carboxylic acids is 1. The molecule has 0 aliphatic carbocycles. The molecule has 2 aromatic heterocycles. The first kappa shape index (κ1) is 18.0. The highest BCUT2D eigenvalue weighted by Crippen LogP contribution is 2.32. The minimum atomic E-state index is -0.481. The molecule has 1 fully saturated rings. The van der Waals surface area contributed by atoms with Gasteiger partial charge in [-0.15, -0.1) is 0 Å². The van der Waals surface area contributed by atoms with Crippen LogP contribution in [0.5, 0.6) is 0 Å². The van der Waals surface area contributed by atoms with E-state index < -0.39 is 5.76 Å². The molecule has 0 radical (unpaired) electrons. The monoisotopic (exact) mass is 410 g/mol. The first-order valence-corrected chi connectivity index (χ1v) is 10.0. The molecule has 4 aromatic rings. The number of carbonyl (C=O) groups is 1. The van der Waals surface area contributed by atoms with Gasteiger partial charge in [0.2, 0.25) is 5.91 Å². The number of amides is 1. The quantitative estimate of drug-likeness (QED) is 0.553. The Morgan fingerprint density at radius 1 is 1.28 bits per heavy atom. The Bertz CT molecular complexity index is 1240. The summed E-state index contributed by atoms with van der Waals surface area (Å²) in [4.78, 5) is 35.0. The molecule has 0 bridgehead atoms. The molecule has 0 spiro atoms. The maximum atomic E-state index is 13.0. The second kappa shape index (κ2) is 7.08. The molecule has 0 saturated carbocycles. The van der Waals surface area contributed by atoms with Crippen LogP contribution in [-0.4, -0.2) is 31.9 Å². The zero-order chi connectivity index (χ0) is 20.0. The van der Waals surface area contributed by atoms with E-state index in [4.69, 9.17) is 16.0 Å². The van der Waals surface area contributed by atoms with E-state index in [0.29, 0.717) is 22.7 Å². The molecular formula is C21H19ClN4O3. The van der Waals surface area contributed by atoms with Crippen LogP contribution < -0.4 is 5.76 Å². The first-order valence-electron chi connectivity index (χ1n) is 9.63. The van der Waals surface area contributed by atoms with E-state index in [2.05, 4.69) is 9.97 Å². The minimum absolute atomic E-state index is 0.00293. The Labute approximate surface area is 170 Å². The number of aromatic amines is 1. The van der Waals surface area contributed by atoms with Crippen molar-refractivity contribution in [2.24, 2.45) is 0 Å². The molecule has 1 saturated heterocycles. The van der Waals surface area contributed by atoms with Crippen LogP contribution in [0.2, 0.25) is 5.02 Å². The van der Waals surface area contributed by atoms with Crippen molar-refractivity contribution >= 4 is 39.6 Å². The maximum Gasteiger partial charge on any atom is 0.419 e. The van der Waals surface area contributed by atoms with Crippen LogP contribution in [0.25, 0.3) is 22.1 Å². The van der Waals surface area contributed by atoms with Gasteiger partial charge in [0.1, 0.15) is 5.82 Å². The predicted octanol–water partition coefficient (Wildman–Crippen LogP) is 3.88. The number of nitrogens with one attached hydrogen (secondary N) is 1. The van der Waals surface area contributed by atoms with Gasteiger partial charge in [-0.3, -0.25) is 9.36 Å². The fourth-order valence-corrected chi connectivity index (χ4v) is 4.24. The van der Waals surface area contributed by atoms with Gasteiger partial charge in [0.25, 0.3) is 0 Å². The lowest BCUT2D eigenvalue weighted by Gasteiger charge is -2.23. The SMILES string of the molecule is O=C(CCn1c(=O)oc2cc(Cl)ccc21)N1CCCC1c1nc2ccccc2[nH]1. The number of nitrogens with zero attached hydrogens (tertiary/aromatic N) is 3. The van der Waals surface area contributed by atoms with Crippen LogP contribution in [0.3, 0.4) is 0 Å². The number of halogens is 1. The topological polar surface area (TPSA) is 84.1 Å².